The van der Waals surface area contributed by atoms with Gasteiger partial charge in [0.15, 0.2) is 0 Å². The molecule has 3 rings (SSSR count). The van der Waals surface area contributed by atoms with Crippen LogP contribution in [0.3, 0.4) is 0 Å². The first-order chi connectivity index (χ1) is 9.82. The molecule has 2 unspecified atom stereocenters. The van der Waals surface area contributed by atoms with Gasteiger partial charge in [0.25, 0.3) is 0 Å². The Morgan fingerprint density at radius 1 is 1.20 bits per heavy atom. The minimum atomic E-state index is -0.197. The van der Waals surface area contributed by atoms with Crippen LogP contribution >= 0.6 is 11.8 Å². The summed E-state index contributed by atoms with van der Waals surface area (Å²) in [7, 11) is 0. The maximum absolute atomic E-state index is 9.68. The molecular formula is C16H26N2OS. The number of rotatable bonds is 6. The van der Waals surface area contributed by atoms with Crippen molar-refractivity contribution < 1.29 is 4.74 Å². The van der Waals surface area contributed by atoms with E-state index < -0.39 is 0 Å². The number of nitriles is 1. The number of nitrogens with one attached hydrogen (secondary N) is 1. The SMILES string of the molecule is N#CC1(NC2CC2)CCCC1CCSC1CCOCC1. The van der Waals surface area contributed by atoms with Gasteiger partial charge in [-0.05, 0) is 56.6 Å². The first kappa shape index (κ1) is 14.7. The highest BCUT2D eigenvalue weighted by atomic mass is 32.2. The molecule has 0 aromatic heterocycles. The first-order valence-electron chi connectivity index (χ1n) is 8.21. The van der Waals surface area contributed by atoms with Crippen molar-refractivity contribution in [2.24, 2.45) is 5.92 Å². The van der Waals surface area contributed by atoms with E-state index in [0.717, 1.165) is 24.9 Å². The zero-order valence-corrected chi connectivity index (χ0v) is 13.1. The zero-order valence-electron chi connectivity index (χ0n) is 12.3. The Morgan fingerprint density at radius 3 is 2.70 bits per heavy atom. The minimum Gasteiger partial charge on any atom is -0.381 e. The molecule has 112 valence electrons. The summed E-state index contributed by atoms with van der Waals surface area (Å²) < 4.78 is 5.41. The molecule has 0 aromatic rings. The van der Waals surface area contributed by atoms with Crippen molar-refractivity contribution in [3.63, 3.8) is 0 Å². The van der Waals surface area contributed by atoms with Gasteiger partial charge >= 0.3 is 0 Å². The van der Waals surface area contributed by atoms with Crippen LogP contribution in [0.15, 0.2) is 0 Å². The van der Waals surface area contributed by atoms with Crippen LogP contribution < -0.4 is 5.32 Å². The van der Waals surface area contributed by atoms with Crippen molar-refractivity contribution in [1.29, 1.82) is 5.26 Å². The average molecular weight is 294 g/mol. The van der Waals surface area contributed by atoms with Gasteiger partial charge in [0.2, 0.25) is 0 Å². The Morgan fingerprint density at radius 2 is 2.00 bits per heavy atom. The molecule has 3 aliphatic rings. The van der Waals surface area contributed by atoms with E-state index in [1.54, 1.807) is 0 Å². The smallest absolute Gasteiger partial charge is 0.109 e. The maximum Gasteiger partial charge on any atom is 0.109 e. The Bertz CT molecular complexity index is 360. The molecule has 20 heavy (non-hydrogen) atoms. The van der Waals surface area contributed by atoms with E-state index in [-0.39, 0.29) is 5.54 Å². The lowest BCUT2D eigenvalue weighted by molar-refractivity contribution is 0.1000. The molecule has 0 amide bonds. The van der Waals surface area contributed by atoms with Crippen LogP contribution in [0.2, 0.25) is 0 Å². The molecule has 0 bridgehead atoms. The van der Waals surface area contributed by atoms with Crippen LogP contribution in [0.5, 0.6) is 0 Å². The van der Waals surface area contributed by atoms with Gasteiger partial charge in [0, 0.05) is 24.5 Å². The van der Waals surface area contributed by atoms with Gasteiger partial charge in [-0.2, -0.15) is 17.0 Å². The molecular weight excluding hydrogens is 268 g/mol. The van der Waals surface area contributed by atoms with Gasteiger partial charge in [-0.3, -0.25) is 5.32 Å². The number of ether oxygens (including phenoxy) is 1. The van der Waals surface area contributed by atoms with Gasteiger partial charge in [-0.15, -0.1) is 0 Å². The fraction of sp³-hybridized carbons (Fsp3) is 0.938. The molecule has 3 fully saturated rings. The van der Waals surface area contributed by atoms with E-state index in [4.69, 9.17) is 4.74 Å². The van der Waals surface area contributed by atoms with Crippen molar-refractivity contribution >= 4 is 11.8 Å². The predicted molar refractivity (Wildman–Crippen MR) is 82.8 cm³/mol. The molecule has 0 radical (unpaired) electrons. The summed E-state index contributed by atoms with van der Waals surface area (Å²) in [6, 6.07) is 3.28. The van der Waals surface area contributed by atoms with E-state index in [0.29, 0.717) is 12.0 Å². The molecule has 1 heterocycles. The zero-order chi connectivity index (χ0) is 13.8. The summed E-state index contributed by atoms with van der Waals surface area (Å²) >= 11 is 2.11. The third-order valence-corrected chi connectivity index (χ3v) is 6.46. The third kappa shape index (κ3) is 3.50. The monoisotopic (exact) mass is 294 g/mol. The molecule has 1 aliphatic heterocycles. The summed E-state index contributed by atoms with van der Waals surface area (Å²) in [5.74, 6) is 1.78. The topological polar surface area (TPSA) is 45.0 Å². The van der Waals surface area contributed by atoms with Crippen LogP contribution in [-0.4, -0.2) is 35.8 Å². The summed E-state index contributed by atoms with van der Waals surface area (Å²) in [4.78, 5) is 0. The standard InChI is InChI=1S/C16H26N2OS/c17-12-16(18-14-3-4-14)8-1-2-13(16)7-11-20-15-5-9-19-10-6-15/h13-15,18H,1-11H2. The van der Waals surface area contributed by atoms with Gasteiger partial charge in [0.1, 0.15) is 5.54 Å². The highest BCUT2D eigenvalue weighted by Gasteiger charge is 2.45. The molecule has 3 nitrogen and oxygen atoms in total. The van der Waals surface area contributed by atoms with E-state index in [1.165, 1.54) is 50.7 Å². The van der Waals surface area contributed by atoms with E-state index >= 15 is 0 Å². The van der Waals surface area contributed by atoms with E-state index in [1.807, 2.05) is 0 Å². The van der Waals surface area contributed by atoms with E-state index in [9.17, 15) is 5.26 Å². The van der Waals surface area contributed by atoms with Crippen LogP contribution in [0.25, 0.3) is 0 Å². The molecule has 2 aliphatic carbocycles. The van der Waals surface area contributed by atoms with Crippen LogP contribution in [-0.2, 0) is 4.74 Å². The molecule has 1 N–H and O–H groups in total. The predicted octanol–water partition coefficient (Wildman–Crippen LogP) is 3.10. The Kier molecular flexibility index (Phi) is 4.91. The Hall–Kier alpha value is -0.240. The quantitative estimate of drug-likeness (QED) is 0.817. The van der Waals surface area contributed by atoms with Crippen LogP contribution in [0.1, 0.15) is 51.4 Å². The third-order valence-electron chi connectivity index (χ3n) is 5.05. The lowest BCUT2D eigenvalue weighted by Crippen LogP contribution is -2.48. The van der Waals surface area contributed by atoms with Crippen molar-refractivity contribution in [3.8, 4) is 6.07 Å². The van der Waals surface area contributed by atoms with Gasteiger partial charge in [0.05, 0.1) is 6.07 Å². The number of thioether (sulfide) groups is 1. The average Bonchev–Trinajstić information content (AvgIpc) is 3.21. The first-order valence-corrected chi connectivity index (χ1v) is 9.25. The summed E-state index contributed by atoms with van der Waals surface area (Å²) in [6.45, 7) is 1.87. The lowest BCUT2D eigenvalue weighted by Gasteiger charge is -2.30. The Labute approximate surface area is 126 Å². The fourth-order valence-corrected chi connectivity index (χ4v) is 4.93. The van der Waals surface area contributed by atoms with Crippen LogP contribution in [0.4, 0.5) is 0 Å². The van der Waals surface area contributed by atoms with Crippen molar-refractivity contribution in [2.75, 3.05) is 19.0 Å². The highest BCUT2D eigenvalue weighted by Crippen LogP contribution is 2.41. The fourth-order valence-electron chi connectivity index (χ4n) is 3.65. The Balaban J connectivity index is 1.46. The second-order valence-corrected chi connectivity index (χ2v) is 7.97. The molecule has 2 saturated carbocycles. The normalized spacial score (nSPS) is 35.0. The summed E-state index contributed by atoms with van der Waals surface area (Å²) in [5, 5.41) is 14.1. The van der Waals surface area contributed by atoms with Crippen molar-refractivity contribution in [3.05, 3.63) is 0 Å². The number of nitrogens with zero attached hydrogens (tertiary/aromatic N) is 1. The van der Waals surface area contributed by atoms with Crippen LogP contribution in [0, 0.1) is 17.2 Å². The molecule has 0 spiro atoms. The molecule has 4 heteroatoms. The molecule has 2 atom stereocenters. The highest BCUT2D eigenvalue weighted by molar-refractivity contribution is 7.99. The number of hydrogen-bond acceptors (Lipinski definition) is 4. The summed E-state index contributed by atoms with van der Waals surface area (Å²) in [6.07, 6.45) is 9.68. The van der Waals surface area contributed by atoms with Gasteiger partial charge < -0.3 is 4.74 Å². The van der Waals surface area contributed by atoms with Crippen molar-refractivity contribution in [1.82, 2.24) is 5.32 Å². The van der Waals surface area contributed by atoms with Gasteiger partial charge in [-0.1, -0.05) is 6.42 Å². The largest absolute Gasteiger partial charge is 0.381 e. The van der Waals surface area contributed by atoms with E-state index in [2.05, 4.69) is 23.1 Å². The second kappa shape index (κ2) is 6.68. The summed E-state index contributed by atoms with van der Waals surface area (Å²) in [5.41, 5.74) is -0.197. The molecule has 1 saturated heterocycles. The second-order valence-electron chi connectivity index (χ2n) is 6.56. The minimum absolute atomic E-state index is 0.197. The van der Waals surface area contributed by atoms with Crippen molar-refractivity contribution in [2.45, 2.75) is 68.2 Å². The number of hydrogen-bond donors (Lipinski definition) is 1. The maximum atomic E-state index is 9.68. The van der Waals surface area contributed by atoms with Gasteiger partial charge in [-0.25, -0.2) is 0 Å². The lowest BCUT2D eigenvalue weighted by atomic mass is 9.86. The molecule has 0 aromatic carbocycles.